The average molecular weight is 353 g/mol. The summed E-state index contributed by atoms with van der Waals surface area (Å²) in [6.45, 7) is 3.16. The van der Waals surface area contributed by atoms with Crippen molar-refractivity contribution in [2.45, 2.75) is 4.90 Å². The number of rotatable bonds is 4. The lowest BCUT2D eigenvalue weighted by atomic mass is 10.2. The quantitative estimate of drug-likeness (QED) is 0.840. The van der Waals surface area contributed by atoms with Gasteiger partial charge in [0.05, 0.1) is 23.8 Å². The molecule has 1 aromatic carbocycles. The van der Waals surface area contributed by atoms with Crippen LogP contribution in [0.2, 0.25) is 0 Å². The first-order chi connectivity index (χ1) is 11.0. The van der Waals surface area contributed by atoms with Crippen LogP contribution in [0.1, 0.15) is 0 Å². The molecular formula is C15H19N3O3S2. The van der Waals surface area contributed by atoms with Gasteiger partial charge < -0.3 is 9.64 Å². The molecule has 1 fully saturated rings. The molecule has 8 heteroatoms. The third-order valence-corrected chi connectivity index (χ3v) is 6.43. The number of ether oxygens (including phenoxy) is 1. The molecule has 0 bridgehead atoms. The van der Waals surface area contributed by atoms with Crippen LogP contribution in [0.5, 0.6) is 0 Å². The van der Waals surface area contributed by atoms with Gasteiger partial charge in [-0.05, 0) is 12.1 Å². The summed E-state index contributed by atoms with van der Waals surface area (Å²) in [6.07, 6.45) is 0. The second-order valence-corrected chi connectivity index (χ2v) is 8.41. The van der Waals surface area contributed by atoms with E-state index in [9.17, 15) is 8.42 Å². The predicted molar refractivity (Wildman–Crippen MR) is 91.5 cm³/mol. The Kier molecular flexibility index (Phi) is 4.67. The Morgan fingerprint density at radius 1 is 1.17 bits per heavy atom. The highest BCUT2D eigenvalue weighted by molar-refractivity contribution is 7.89. The maximum absolute atomic E-state index is 12.1. The van der Waals surface area contributed by atoms with Crippen molar-refractivity contribution >= 4 is 26.5 Å². The van der Waals surface area contributed by atoms with Gasteiger partial charge in [-0.1, -0.05) is 12.1 Å². The van der Waals surface area contributed by atoms with Crippen LogP contribution < -0.4 is 4.90 Å². The van der Waals surface area contributed by atoms with Crippen molar-refractivity contribution in [3.8, 4) is 11.3 Å². The molecule has 2 aromatic rings. The second-order valence-electron chi connectivity index (χ2n) is 5.43. The van der Waals surface area contributed by atoms with Crippen molar-refractivity contribution in [2.75, 3.05) is 45.3 Å². The van der Waals surface area contributed by atoms with E-state index in [0.717, 1.165) is 42.7 Å². The molecule has 0 N–H and O–H groups in total. The summed E-state index contributed by atoms with van der Waals surface area (Å²) >= 11 is 1.60. The molecule has 0 aliphatic carbocycles. The fourth-order valence-corrected chi connectivity index (χ4v) is 4.10. The Labute approximate surface area is 140 Å². The highest BCUT2D eigenvalue weighted by Crippen LogP contribution is 2.28. The van der Waals surface area contributed by atoms with Gasteiger partial charge in [0.25, 0.3) is 0 Å². The molecule has 1 aromatic heterocycles. The summed E-state index contributed by atoms with van der Waals surface area (Å²) in [5.74, 6) is 0. The van der Waals surface area contributed by atoms with Crippen molar-refractivity contribution in [2.24, 2.45) is 0 Å². The Bertz CT molecular complexity index is 764. The molecule has 6 nitrogen and oxygen atoms in total. The number of morpholine rings is 1. The third-order valence-electron chi connectivity index (χ3n) is 3.70. The molecule has 124 valence electrons. The van der Waals surface area contributed by atoms with Gasteiger partial charge in [0.2, 0.25) is 10.0 Å². The highest BCUT2D eigenvalue weighted by atomic mass is 32.2. The first kappa shape index (κ1) is 16.4. The number of sulfonamides is 1. The molecule has 1 saturated heterocycles. The monoisotopic (exact) mass is 353 g/mol. The minimum absolute atomic E-state index is 0.287. The fraction of sp³-hybridized carbons (Fsp3) is 0.400. The predicted octanol–water partition coefficient (Wildman–Crippen LogP) is 1.90. The van der Waals surface area contributed by atoms with Crippen LogP contribution in [0.25, 0.3) is 11.3 Å². The molecular weight excluding hydrogens is 334 g/mol. The molecule has 0 amide bonds. The van der Waals surface area contributed by atoms with Gasteiger partial charge in [-0.25, -0.2) is 17.7 Å². The standard InChI is InChI=1S/C15H19N3O3S2/c1-17(2)23(19,20)13-5-3-12(4-6-13)14-11-22-15(16-14)18-7-9-21-10-8-18/h3-6,11H,7-10H2,1-2H3. The van der Waals surface area contributed by atoms with Gasteiger partial charge >= 0.3 is 0 Å². The van der Waals surface area contributed by atoms with Gasteiger partial charge in [0, 0.05) is 38.1 Å². The summed E-state index contributed by atoms with van der Waals surface area (Å²) in [4.78, 5) is 7.16. The second kappa shape index (κ2) is 6.56. The van der Waals surface area contributed by atoms with Crippen molar-refractivity contribution in [1.82, 2.24) is 9.29 Å². The lowest BCUT2D eigenvalue weighted by molar-refractivity contribution is 0.122. The number of benzene rings is 1. The number of thiazole rings is 1. The van der Waals surface area contributed by atoms with Crippen LogP contribution in [0, 0.1) is 0 Å². The molecule has 0 atom stereocenters. The summed E-state index contributed by atoms with van der Waals surface area (Å²) in [7, 11) is -0.342. The molecule has 1 aliphatic rings. The summed E-state index contributed by atoms with van der Waals surface area (Å²) in [5, 5.41) is 2.98. The lowest BCUT2D eigenvalue weighted by Crippen LogP contribution is -2.36. The van der Waals surface area contributed by atoms with E-state index in [-0.39, 0.29) is 4.90 Å². The molecule has 1 aliphatic heterocycles. The van der Waals surface area contributed by atoms with Crippen LogP contribution in [0.15, 0.2) is 34.5 Å². The zero-order valence-electron chi connectivity index (χ0n) is 13.1. The normalized spacial score (nSPS) is 16.0. The molecule has 0 unspecified atom stereocenters. The van der Waals surface area contributed by atoms with Gasteiger partial charge in [0.1, 0.15) is 0 Å². The smallest absolute Gasteiger partial charge is 0.242 e. The number of hydrogen-bond donors (Lipinski definition) is 0. The summed E-state index contributed by atoms with van der Waals surface area (Å²) in [5.41, 5.74) is 1.78. The Hall–Kier alpha value is -1.48. The van der Waals surface area contributed by atoms with E-state index >= 15 is 0 Å². The van der Waals surface area contributed by atoms with E-state index < -0.39 is 10.0 Å². The van der Waals surface area contributed by atoms with Crippen molar-refractivity contribution in [3.05, 3.63) is 29.6 Å². The summed E-state index contributed by atoms with van der Waals surface area (Å²) < 4.78 is 30.7. The molecule has 0 radical (unpaired) electrons. The first-order valence-corrected chi connectivity index (χ1v) is 9.61. The van der Waals surface area contributed by atoms with E-state index in [1.807, 2.05) is 5.38 Å². The van der Waals surface area contributed by atoms with E-state index in [2.05, 4.69) is 9.88 Å². The van der Waals surface area contributed by atoms with Crippen LogP contribution in [0.4, 0.5) is 5.13 Å². The van der Waals surface area contributed by atoms with Gasteiger partial charge in [0.15, 0.2) is 5.13 Å². The van der Waals surface area contributed by atoms with Crippen molar-refractivity contribution < 1.29 is 13.2 Å². The van der Waals surface area contributed by atoms with Gasteiger partial charge in [-0.2, -0.15) is 0 Å². The number of hydrogen-bond acceptors (Lipinski definition) is 6. The molecule has 2 heterocycles. The third kappa shape index (κ3) is 3.40. The maximum Gasteiger partial charge on any atom is 0.242 e. The van der Waals surface area contributed by atoms with Crippen LogP contribution >= 0.6 is 11.3 Å². The Morgan fingerprint density at radius 2 is 1.83 bits per heavy atom. The molecule has 3 rings (SSSR count). The Morgan fingerprint density at radius 3 is 2.43 bits per heavy atom. The van der Waals surface area contributed by atoms with Crippen LogP contribution in [-0.2, 0) is 14.8 Å². The van der Waals surface area contributed by atoms with Crippen molar-refractivity contribution in [1.29, 1.82) is 0 Å². The molecule has 0 saturated carbocycles. The zero-order valence-corrected chi connectivity index (χ0v) is 14.7. The topological polar surface area (TPSA) is 62.7 Å². The number of nitrogens with zero attached hydrogens (tertiary/aromatic N) is 3. The Balaban J connectivity index is 1.81. The van der Waals surface area contributed by atoms with E-state index in [0.29, 0.717) is 0 Å². The van der Waals surface area contributed by atoms with Crippen LogP contribution in [0.3, 0.4) is 0 Å². The lowest BCUT2D eigenvalue weighted by Gasteiger charge is -2.26. The zero-order chi connectivity index (χ0) is 16.4. The van der Waals surface area contributed by atoms with Gasteiger partial charge in [-0.15, -0.1) is 11.3 Å². The minimum Gasteiger partial charge on any atom is -0.378 e. The fourth-order valence-electron chi connectivity index (χ4n) is 2.31. The summed E-state index contributed by atoms with van der Waals surface area (Å²) in [6, 6.07) is 6.85. The van der Waals surface area contributed by atoms with Crippen molar-refractivity contribution in [3.63, 3.8) is 0 Å². The largest absolute Gasteiger partial charge is 0.378 e. The highest BCUT2D eigenvalue weighted by Gasteiger charge is 2.18. The molecule has 23 heavy (non-hydrogen) atoms. The first-order valence-electron chi connectivity index (χ1n) is 7.29. The SMILES string of the molecule is CN(C)S(=O)(=O)c1ccc(-c2csc(N3CCOCC3)n2)cc1. The van der Waals surface area contributed by atoms with Crippen LogP contribution in [-0.4, -0.2) is 58.1 Å². The number of aromatic nitrogens is 1. The van der Waals surface area contributed by atoms with Gasteiger partial charge in [-0.3, -0.25) is 0 Å². The van der Waals surface area contributed by atoms with E-state index in [1.165, 1.54) is 18.4 Å². The average Bonchev–Trinajstić information content (AvgIpc) is 3.05. The maximum atomic E-state index is 12.1. The van der Waals surface area contributed by atoms with E-state index in [1.54, 1.807) is 35.6 Å². The van der Waals surface area contributed by atoms with E-state index in [4.69, 9.17) is 4.74 Å². The number of anilines is 1. The minimum atomic E-state index is -3.39. The molecule has 0 spiro atoms.